The van der Waals surface area contributed by atoms with Gasteiger partial charge >= 0.3 is 0 Å². The summed E-state index contributed by atoms with van der Waals surface area (Å²) in [5.41, 5.74) is 5.86. The molecule has 0 aromatic heterocycles. The number of amides is 1. The van der Waals surface area contributed by atoms with Gasteiger partial charge in [0.05, 0.1) is 12.2 Å². The Balaban J connectivity index is 1.39. The Hall–Kier alpha value is -0.650. The van der Waals surface area contributed by atoms with E-state index in [1.165, 1.54) is 32.2 Å². The van der Waals surface area contributed by atoms with Crippen molar-refractivity contribution in [3.63, 3.8) is 0 Å². The molecule has 2 heterocycles. The second-order valence-corrected chi connectivity index (χ2v) is 8.61. The Kier molecular flexibility index (Phi) is 6.75. The number of nitrogens with two attached hydrogens (primary N) is 1. The van der Waals surface area contributed by atoms with Gasteiger partial charge in [0.15, 0.2) is 0 Å². The van der Waals surface area contributed by atoms with Crippen molar-refractivity contribution in [2.24, 2.45) is 23.5 Å². The molecule has 3 aliphatic rings. The lowest BCUT2D eigenvalue weighted by Crippen LogP contribution is -2.47. The van der Waals surface area contributed by atoms with Crippen LogP contribution in [0, 0.1) is 17.8 Å². The summed E-state index contributed by atoms with van der Waals surface area (Å²) in [7, 11) is 0. The van der Waals surface area contributed by atoms with E-state index in [4.69, 9.17) is 10.5 Å². The number of hydrogen-bond donors (Lipinski definition) is 1. The van der Waals surface area contributed by atoms with Gasteiger partial charge in [0.1, 0.15) is 0 Å². The van der Waals surface area contributed by atoms with Crippen LogP contribution in [0.3, 0.4) is 0 Å². The molecule has 0 bridgehead atoms. The van der Waals surface area contributed by atoms with Crippen molar-refractivity contribution < 1.29 is 9.53 Å². The number of ether oxygens (including phenoxy) is 1. The third kappa shape index (κ3) is 4.95. The van der Waals surface area contributed by atoms with Crippen LogP contribution in [0.4, 0.5) is 0 Å². The molecule has 144 valence electrons. The van der Waals surface area contributed by atoms with Crippen LogP contribution in [-0.4, -0.2) is 67.2 Å². The Bertz CT molecular complexity index is 427. The van der Waals surface area contributed by atoms with E-state index in [2.05, 4.69) is 23.6 Å². The number of hydrogen-bond acceptors (Lipinski definition) is 4. The highest BCUT2D eigenvalue weighted by atomic mass is 16.5. The summed E-state index contributed by atoms with van der Waals surface area (Å²) in [6, 6.07) is 0. The molecule has 0 radical (unpaired) electrons. The first kappa shape index (κ1) is 19.1. The summed E-state index contributed by atoms with van der Waals surface area (Å²) in [5, 5.41) is 0. The molecule has 3 rings (SSSR count). The highest BCUT2D eigenvalue weighted by Crippen LogP contribution is 2.33. The zero-order valence-corrected chi connectivity index (χ0v) is 16.2. The molecule has 0 aromatic carbocycles. The first-order chi connectivity index (χ1) is 12.1. The van der Waals surface area contributed by atoms with E-state index in [0.29, 0.717) is 30.6 Å². The normalized spacial score (nSPS) is 35.2. The molecule has 2 unspecified atom stereocenters. The SMILES string of the molecule is CC1CN(CCC2CCN(C(=O)[C@@H]3CCC[C@@H]3CN)CC2)CC(C)O1. The zero-order valence-electron chi connectivity index (χ0n) is 16.2. The monoisotopic (exact) mass is 351 g/mol. The number of nitrogens with zero attached hydrogens (tertiary/aromatic N) is 2. The van der Waals surface area contributed by atoms with Crippen molar-refractivity contribution in [2.45, 2.75) is 64.6 Å². The Morgan fingerprint density at radius 3 is 2.40 bits per heavy atom. The maximum absolute atomic E-state index is 12.8. The number of morpholine rings is 1. The molecule has 2 aliphatic heterocycles. The van der Waals surface area contributed by atoms with Crippen LogP contribution in [0.25, 0.3) is 0 Å². The first-order valence-electron chi connectivity index (χ1n) is 10.4. The Morgan fingerprint density at radius 2 is 1.76 bits per heavy atom. The van der Waals surface area contributed by atoms with Gasteiger partial charge in [0, 0.05) is 32.1 Å². The zero-order chi connectivity index (χ0) is 17.8. The molecule has 0 spiro atoms. The van der Waals surface area contributed by atoms with E-state index in [0.717, 1.165) is 44.9 Å². The van der Waals surface area contributed by atoms with Gasteiger partial charge in [0.25, 0.3) is 0 Å². The average molecular weight is 352 g/mol. The number of carbonyl (C=O) groups excluding carboxylic acids is 1. The number of rotatable bonds is 5. The average Bonchev–Trinajstić information content (AvgIpc) is 3.07. The van der Waals surface area contributed by atoms with E-state index >= 15 is 0 Å². The van der Waals surface area contributed by atoms with Crippen LogP contribution < -0.4 is 5.73 Å². The molecule has 3 fully saturated rings. The van der Waals surface area contributed by atoms with Gasteiger partial charge in [-0.05, 0) is 70.9 Å². The minimum absolute atomic E-state index is 0.206. The molecule has 1 aliphatic carbocycles. The minimum atomic E-state index is 0.206. The molecule has 4 atom stereocenters. The van der Waals surface area contributed by atoms with Crippen LogP contribution in [0.15, 0.2) is 0 Å². The van der Waals surface area contributed by atoms with Gasteiger partial charge < -0.3 is 15.4 Å². The van der Waals surface area contributed by atoms with E-state index in [1.807, 2.05) is 0 Å². The highest BCUT2D eigenvalue weighted by molar-refractivity contribution is 5.79. The van der Waals surface area contributed by atoms with Crippen LogP contribution in [0.1, 0.15) is 52.4 Å². The fourth-order valence-corrected chi connectivity index (χ4v) is 5.15. The highest BCUT2D eigenvalue weighted by Gasteiger charge is 2.36. The minimum Gasteiger partial charge on any atom is -0.373 e. The molecular formula is C20H37N3O2. The van der Waals surface area contributed by atoms with Gasteiger partial charge in [-0.2, -0.15) is 0 Å². The lowest BCUT2D eigenvalue weighted by Gasteiger charge is -2.38. The van der Waals surface area contributed by atoms with Gasteiger partial charge in [-0.15, -0.1) is 0 Å². The maximum atomic E-state index is 12.8. The number of likely N-dealkylation sites (tertiary alicyclic amines) is 1. The standard InChI is InChI=1S/C20H37N3O2/c1-15-13-22(14-16(2)25-15)9-6-17-7-10-23(11-8-17)20(24)19-5-3-4-18(19)12-21/h15-19H,3-14,21H2,1-2H3/t15?,16?,18-,19-/m1/s1. The summed E-state index contributed by atoms with van der Waals surface area (Å²) in [5.74, 6) is 1.79. The van der Waals surface area contributed by atoms with E-state index < -0.39 is 0 Å². The van der Waals surface area contributed by atoms with E-state index in [-0.39, 0.29) is 5.92 Å². The van der Waals surface area contributed by atoms with Gasteiger partial charge in [0.2, 0.25) is 5.91 Å². The third-order valence-corrected chi connectivity index (χ3v) is 6.55. The van der Waals surface area contributed by atoms with Crippen LogP contribution >= 0.6 is 0 Å². The predicted molar refractivity (Wildman–Crippen MR) is 100 cm³/mol. The molecule has 5 heteroatoms. The summed E-state index contributed by atoms with van der Waals surface area (Å²) in [6.45, 7) is 10.2. The fraction of sp³-hybridized carbons (Fsp3) is 0.950. The van der Waals surface area contributed by atoms with Crippen LogP contribution in [0.5, 0.6) is 0 Å². The van der Waals surface area contributed by atoms with Crippen molar-refractivity contribution in [3.8, 4) is 0 Å². The van der Waals surface area contributed by atoms with Crippen molar-refractivity contribution in [1.29, 1.82) is 0 Å². The molecule has 0 aromatic rings. The third-order valence-electron chi connectivity index (χ3n) is 6.55. The van der Waals surface area contributed by atoms with Gasteiger partial charge in [-0.1, -0.05) is 6.42 Å². The predicted octanol–water partition coefficient (Wildman–Crippen LogP) is 2.10. The summed E-state index contributed by atoms with van der Waals surface area (Å²) in [4.78, 5) is 17.5. The smallest absolute Gasteiger partial charge is 0.226 e. The quantitative estimate of drug-likeness (QED) is 0.824. The number of carbonyl (C=O) groups is 1. The molecule has 5 nitrogen and oxygen atoms in total. The Labute approximate surface area is 153 Å². The van der Waals surface area contributed by atoms with E-state index in [9.17, 15) is 4.79 Å². The van der Waals surface area contributed by atoms with Crippen LogP contribution in [-0.2, 0) is 9.53 Å². The molecule has 1 saturated carbocycles. The molecule has 25 heavy (non-hydrogen) atoms. The van der Waals surface area contributed by atoms with Crippen molar-refractivity contribution in [2.75, 3.05) is 39.3 Å². The lowest BCUT2D eigenvalue weighted by atomic mass is 9.90. The van der Waals surface area contributed by atoms with Crippen molar-refractivity contribution in [3.05, 3.63) is 0 Å². The second-order valence-electron chi connectivity index (χ2n) is 8.61. The molecule has 2 N–H and O–H groups in total. The van der Waals surface area contributed by atoms with Crippen molar-refractivity contribution in [1.82, 2.24) is 9.80 Å². The Morgan fingerprint density at radius 1 is 1.08 bits per heavy atom. The topological polar surface area (TPSA) is 58.8 Å². The van der Waals surface area contributed by atoms with Crippen molar-refractivity contribution >= 4 is 5.91 Å². The van der Waals surface area contributed by atoms with Gasteiger partial charge in [-0.25, -0.2) is 0 Å². The summed E-state index contributed by atoms with van der Waals surface area (Å²) < 4.78 is 5.82. The summed E-state index contributed by atoms with van der Waals surface area (Å²) >= 11 is 0. The van der Waals surface area contributed by atoms with E-state index in [1.54, 1.807) is 0 Å². The number of piperidine rings is 1. The largest absolute Gasteiger partial charge is 0.373 e. The molecular weight excluding hydrogens is 314 g/mol. The molecule has 1 amide bonds. The van der Waals surface area contributed by atoms with Gasteiger partial charge in [-0.3, -0.25) is 9.69 Å². The maximum Gasteiger partial charge on any atom is 0.226 e. The molecule has 2 saturated heterocycles. The lowest BCUT2D eigenvalue weighted by molar-refractivity contribution is -0.138. The first-order valence-corrected chi connectivity index (χ1v) is 10.4. The van der Waals surface area contributed by atoms with Crippen LogP contribution in [0.2, 0.25) is 0 Å². The fourth-order valence-electron chi connectivity index (χ4n) is 5.15. The second kappa shape index (κ2) is 8.83. The summed E-state index contributed by atoms with van der Waals surface area (Å²) in [6.07, 6.45) is 7.66.